The van der Waals surface area contributed by atoms with E-state index in [1.165, 1.54) is 55.4 Å². The Morgan fingerprint density at radius 3 is 1.92 bits per heavy atom. The third kappa shape index (κ3) is 14.5. The Morgan fingerprint density at radius 1 is 0.689 bits per heavy atom. The van der Waals surface area contributed by atoms with Crippen molar-refractivity contribution in [3.63, 3.8) is 0 Å². The van der Waals surface area contributed by atoms with Gasteiger partial charge in [0.05, 0.1) is 44.7 Å². The molecule has 0 heterocycles. The molecular weight excluding hydrogens is 856 g/mol. The fraction of sp³-hybridized carbons (Fsp3) is 0.867. The molecule has 61 heavy (non-hydrogen) atoms. The lowest BCUT2D eigenvalue weighted by Crippen LogP contribution is -2.67. The topological polar surface area (TPSA) is 46.2 Å². The van der Waals surface area contributed by atoms with E-state index in [0.717, 1.165) is 69.7 Å². The van der Waals surface area contributed by atoms with Crippen molar-refractivity contribution in [1.29, 1.82) is 0 Å². The molecule has 0 spiro atoms. The number of hydrogen-bond donors (Lipinski definition) is 0. The minimum Gasteiger partial charge on any atom is -0.494 e. The van der Waals surface area contributed by atoms with Gasteiger partial charge in [0.2, 0.25) is 0 Å². The van der Waals surface area contributed by atoms with Gasteiger partial charge in [-0.3, -0.25) is 0 Å². The van der Waals surface area contributed by atoms with E-state index in [1.807, 2.05) is 21.6 Å². The number of benzene rings is 1. The third-order valence-corrected chi connectivity index (χ3v) is 15.5. The molecule has 4 rings (SSSR count). The third-order valence-electron chi connectivity index (χ3n) is 12.9. The Balaban J connectivity index is 1.09. The number of ether oxygens (including phenoxy) is 5. The fourth-order valence-corrected chi connectivity index (χ4v) is 11.9. The lowest BCUT2D eigenvalue weighted by Gasteiger charge is -2.50. The largest absolute Gasteiger partial charge is 0.494 e. The number of fused-ring (bicyclic) bond motifs is 5. The molecular formula is C45H69F9O5S2. The maximum absolute atomic E-state index is 13.2. The van der Waals surface area contributed by atoms with Gasteiger partial charge < -0.3 is 23.7 Å². The number of hydrogen-bond acceptors (Lipinski definition) is 7. The van der Waals surface area contributed by atoms with E-state index >= 15 is 0 Å². The SMILES string of the molecule is CC(C)OCC(CCCCCCCCSSCCCOc1ccc2c(c1)CCC1C2CCC2(C)C(OCCCOC(C(F)(F)F)(C(F)(F)F)C(F)(F)F)CCC12)COC(C)C. The van der Waals surface area contributed by atoms with Crippen LogP contribution in [-0.4, -0.2) is 87.0 Å². The smallest absolute Gasteiger partial charge is 0.435 e. The summed E-state index contributed by atoms with van der Waals surface area (Å²) in [6, 6.07) is 6.44. The summed E-state index contributed by atoms with van der Waals surface area (Å²) in [7, 11) is 3.86. The first-order valence-electron chi connectivity index (χ1n) is 22.4. The predicted molar refractivity (Wildman–Crippen MR) is 225 cm³/mol. The molecule has 2 fully saturated rings. The second-order valence-electron chi connectivity index (χ2n) is 18.0. The molecule has 0 N–H and O–H groups in total. The van der Waals surface area contributed by atoms with Crippen LogP contribution in [0.4, 0.5) is 39.5 Å². The van der Waals surface area contributed by atoms with Crippen LogP contribution in [0.1, 0.15) is 142 Å². The van der Waals surface area contributed by atoms with E-state index in [-0.39, 0.29) is 30.3 Å². The predicted octanol–water partition coefficient (Wildman–Crippen LogP) is 14.1. The molecule has 0 aromatic heterocycles. The molecule has 16 heteroatoms. The molecule has 5 atom stereocenters. The van der Waals surface area contributed by atoms with Crippen molar-refractivity contribution in [3.05, 3.63) is 29.3 Å². The van der Waals surface area contributed by atoms with Gasteiger partial charge in [-0.25, -0.2) is 0 Å². The standard InChI is InChI=1S/C45H69F9O5S2/c1-31(2)57-29-33(30-58-32(3)4)14-10-8-6-7-9-11-26-60-61-27-13-24-55-35-16-18-36-34(28-35)15-17-38-37(36)21-22-41(5)39(38)19-20-40(41)56-23-12-25-59-42(43(46,47)48,44(49,50)51)45(52,53)54/h16,18,28,31-33,37-40H,6-15,17,19-27,29-30H2,1-5H3. The molecule has 0 radical (unpaired) electrons. The van der Waals surface area contributed by atoms with Gasteiger partial charge in [-0.05, 0) is 138 Å². The van der Waals surface area contributed by atoms with E-state index in [1.54, 1.807) is 0 Å². The van der Waals surface area contributed by atoms with Crippen molar-refractivity contribution in [1.82, 2.24) is 0 Å². The van der Waals surface area contributed by atoms with Gasteiger partial charge in [-0.15, -0.1) is 0 Å². The van der Waals surface area contributed by atoms with E-state index in [4.69, 9.17) is 18.9 Å². The molecule has 0 bridgehead atoms. The Hall–Kier alpha value is -1.07. The summed E-state index contributed by atoms with van der Waals surface area (Å²) >= 11 is 0. The van der Waals surface area contributed by atoms with Crippen molar-refractivity contribution in [2.45, 2.75) is 179 Å². The quantitative estimate of drug-likeness (QED) is 0.0495. The van der Waals surface area contributed by atoms with E-state index < -0.39 is 37.2 Å². The van der Waals surface area contributed by atoms with Gasteiger partial charge in [0, 0.05) is 24.0 Å². The minimum absolute atomic E-state index is 0.246. The summed E-state index contributed by atoms with van der Waals surface area (Å²) in [5.41, 5.74) is -3.85. The highest BCUT2D eigenvalue weighted by molar-refractivity contribution is 8.76. The van der Waals surface area contributed by atoms with Crippen LogP contribution in [0.5, 0.6) is 5.75 Å². The average Bonchev–Trinajstić information content (AvgIpc) is 3.50. The first kappa shape index (κ1) is 52.6. The molecule has 0 saturated heterocycles. The van der Waals surface area contributed by atoms with Crippen molar-refractivity contribution in [2.24, 2.45) is 23.2 Å². The Labute approximate surface area is 365 Å². The van der Waals surface area contributed by atoms with Gasteiger partial charge in [-0.1, -0.05) is 66.7 Å². The summed E-state index contributed by atoms with van der Waals surface area (Å²) in [5, 5.41) is 0. The Bertz CT molecular complexity index is 1380. The van der Waals surface area contributed by atoms with Gasteiger partial charge >= 0.3 is 24.1 Å². The van der Waals surface area contributed by atoms with Crippen molar-refractivity contribution in [2.75, 3.05) is 44.5 Å². The average molecular weight is 925 g/mol. The van der Waals surface area contributed by atoms with Gasteiger partial charge in [0.25, 0.3) is 0 Å². The van der Waals surface area contributed by atoms with Crippen LogP contribution < -0.4 is 4.74 Å². The zero-order valence-corrected chi connectivity index (χ0v) is 38.2. The van der Waals surface area contributed by atoms with E-state index in [0.29, 0.717) is 36.7 Å². The van der Waals surface area contributed by atoms with Crippen LogP contribution >= 0.6 is 21.6 Å². The first-order valence-corrected chi connectivity index (χ1v) is 24.9. The fourth-order valence-electron chi connectivity index (χ4n) is 9.71. The number of alkyl halides is 9. The second-order valence-corrected chi connectivity index (χ2v) is 20.7. The summed E-state index contributed by atoms with van der Waals surface area (Å²) in [6.07, 6.45) is -5.64. The monoisotopic (exact) mass is 924 g/mol. The van der Waals surface area contributed by atoms with E-state index in [9.17, 15) is 39.5 Å². The molecule has 0 amide bonds. The first-order chi connectivity index (χ1) is 28.7. The maximum atomic E-state index is 13.2. The second kappa shape index (κ2) is 23.9. The number of rotatable bonds is 27. The molecule has 354 valence electrons. The van der Waals surface area contributed by atoms with Crippen LogP contribution in [0, 0.1) is 23.2 Å². The molecule has 1 aromatic rings. The van der Waals surface area contributed by atoms with Crippen molar-refractivity contribution < 1.29 is 63.2 Å². The molecule has 5 unspecified atom stereocenters. The number of halogens is 9. The molecule has 0 aliphatic heterocycles. The van der Waals surface area contributed by atoms with Crippen LogP contribution in [0.2, 0.25) is 0 Å². The summed E-state index contributed by atoms with van der Waals surface area (Å²) in [6.45, 7) is 10.9. The van der Waals surface area contributed by atoms with Crippen LogP contribution in [0.25, 0.3) is 0 Å². The van der Waals surface area contributed by atoms with E-state index in [2.05, 4.69) is 57.6 Å². The zero-order valence-electron chi connectivity index (χ0n) is 36.6. The van der Waals surface area contributed by atoms with Crippen LogP contribution in [0.15, 0.2) is 18.2 Å². The van der Waals surface area contributed by atoms with Crippen molar-refractivity contribution >= 4 is 21.6 Å². The summed E-state index contributed by atoms with van der Waals surface area (Å²) in [4.78, 5) is 0. The molecule has 3 aliphatic rings. The summed E-state index contributed by atoms with van der Waals surface area (Å²) < 4.78 is 146. The van der Waals surface area contributed by atoms with Crippen LogP contribution in [0.3, 0.4) is 0 Å². The van der Waals surface area contributed by atoms with Crippen molar-refractivity contribution in [3.8, 4) is 5.75 Å². The minimum atomic E-state index is -6.74. The highest BCUT2D eigenvalue weighted by Crippen LogP contribution is 2.62. The zero-order chi connectivity index (χ0) is 44.9. The molecule has 1 aromatic carbocycles. The molecule has 2 saturated carbocycles. The summed E-state index contributed by atoms with van der Waals surface area (Å²) in [5.74, 6) is 4.66. The number of aryl methyl sites for hydroxylation is 1. The maximum Gasteiger partial charge on any atom is 0.435 e. The molecule has 5 nitrogen and oxygen atoms in total. The van der Waals surface area contributed by atoms with Gasteiger partial charge in [0.1, 0.15) is 5.75 Å². The highest BCUT2D eigenvalue weighted by atomic mass is 33.1. The van der Waals surface area contributed by atoms with Gasteiger partial charge in [0.15, 0.2) is 0 Å². The Kier molecular flexibility index (Phi) is 20.6. The van der Waals surface area contributed by atoms with Gasteiger partial charge in [-0.2, -0.15) is 39.5 Å². The number of unbranched alkanes of at least 4 members (excludes halogenated alkanes) is 5. The lowest BCUT2D eigenvalue weighted by molar-refractivity contribution is -0.457. The lowest BCUT2D eigenvalue weighted by atomic mass is 9.55. The molecule has 3 aliphatic carbocycles. The van der Waals surface area contributed by atoms with Crippen LogP contribution in [-0.2, 0) is 25.4 Å². The normalized spacial score (nSPS) is 23.5. The highest BCUT2D eigenvalue weighted by Gasteiger charge is 2.85. The Morgan fingerprint density at radius 2 is 1.30 bits per heavy atom.